The fourth-order valence-corrected chi connectivity index (χ4v) is 16.9. The number of rotatable bonds is 20. The van der Waals surface area contributed by atoms with E-state index < -0.39 is 34.9 Å². The number of thiazole rings is 2. The summed E-state index contributed by atoms with van der Waals surface area (Å²) in [5.74, 6) is 1.07. The van der Waals surface area contributed by atoms with Gasteiger partial charge in [0.2, 0.25) is 0 Å². The highest BCUT2D eigenvalue weighted by Crippen LogP contribution is 2.56. The lowest BCUT2D eigenvalue weighted by Gasteiger charge is -2.29. The Morgan fingerprint density at radius 2 is 1.46 bits per heavy atom. The number of ether oxygens (including phenoxy) is 3. The zero-order valence-electron chi connectivity index (χ0n) is 43.1. The second kappa shape index (κ2) is 23.5. The average Bonchev–Trinajstić information content (AvgIpc) is 4.23. The molecule has 6 heterocycles. The second-order valence-corrected chi connectivity index (χ2v) is 28.4. The number of hydrogen-bond acceptors (Lipinski definition) is 16. The minimum Gasteiger partial charge on any atom is -0.447 e. The molecule has 406 valence electrons. The number of aryl methyl sites for hydroxylation is 2. The van der Waals surface area contributed by atoms with Gasteiger partial charge in [0.1, 0.15) is 19.9 Å². The Morgan fingerprint density at radius 3 is 2.05 bits per heavy atom. The van der Waals surface area contributed by atoms with Gasteiger partial charge >= 0.3 is 12.2 Å². The molecule has 2 aromatic carbocycles. The van der Waals surface area contributed by atoms with Crippen LogP contribution in [-0.2, 0) is 41.5 Å². The summed E-state index contributed by atoms with van der Waals surface area (Å²) >= 11 is 3.23. The van der Waals surface area contributed by atoms with Gasteiger partial charge in [-0.15, -0.1) is 22.7 Å². The molecule has 0 bridgehead atoms. The number of aromatic amines is 1. The van der Waals surface area contributed by atoms with Crippen molar-refractivity contribution in [3.05, 3.63) is 83.0 Å². The molecule has 6 aromatic rings. The number of anilines is 4. The summed E-state index contributed by atoms with van der Waals surface area (Å²) in [6.07, 6.45) is 16.1. The Kier molecular flexibility index (Phi) is 16.6. The van der Waals surface area contributed by atoms with Crippen LogP contribution >= 0.6 is 29.8 Å². The highest BCUT2D eigenvalue weighted by Gasteiger charge is 2.37. The Labute approximate surface area is 450 Å². The molecule has 10 rings (SSSR count). The summed E-state index contributed by atoms with van der Waals surface area (Å²) < 4.78 is 68.2. The highest BCUT2D eigenvalue weighted by molar-refractivity contribution is 7.93. The van der Waals surface area contributed by atoms with Crippen molar-refractivity contribution in [2.24, 2.45) is 0 Å². The number of aromatic nitrogens is 6. The van der Waals surface area contributed by atoms with Crippen molar-refractivity contribution in [1.82, 2.24) is 40.6 Å². The summed E-state index contributed by atoms with van der Waals surface area (Å²) in [5, 5.41) is 27.0. The molecule has 2 saturated heterocycles. The van der Waals surface area contributed by atoms with Crippen LogP contribution in [-0.4, -0.2) is 108 Å². The van der Waals surface area contributed by atoms with Crippen LogP contribution < -0.4 is 26.6 Å². The summed E-state index contributed by atoms with van der Waals surface area (Å²) in [7, 11) is -5.75. The quantitative estimate of drug-likeness (QED) is 0.0390. The molecule has 2 aliphatic carbocycles. The normalized spacial score (nSPS) is 21.6. The fourth-order valence-electron chi connectivity index (χ4n) is 10.4. The van der Waals surface area contributed by atoms with E-state index in [0.717, 1.165) is 111 Å². The first-order chi connectivity index (χ1) is 36.7. The zero-order chi connectivity index (χ0) is 53.0. The van der Waals surface area contributed by atoms with Crippen LogP contribution in [0.1, 0.15) is 113 Å². The van der Waals surface area contributed by atoms with Crippen molar-refractivity contribution in [2.45, 2.75) is 144 Å². The first-order valence-electron chi connectivity index (χ1n) is 26.4. The summed E-state index contributed by atoms with van der Waals surface area (Å²) in [6, 6.07) is 13.6. The third-order valence-corrected chi connectivity index (χ3v) is 22.8. The summed E-state index contributed by atoms with van der Waals surface area (Å²) in [6.45, 7) is 5.78. The minimum absolute atomic E-state index is 0.000926. The standard InChI is InChI=1S/C53H67FN11O7PS3/c1-32(2)71-52(66)61-36-11-6-35(7-12-36)51-57-28-47(75-51)44-18-16-39(24-48(44)76(55,69)42-30-70-31-42)60-49-25-40(63-64-49)10-5-33(3)72-53(67)62-37-13-8-34(9-14-37)50-56-27-46(74-50)43-17-15-38(23-45(43)73(68)21-4-22-73)59-41-26-58-65(29-41)20-19-54/h15-18,23-29,32-37,42,55,59H,4-14,19-22,30-31H2,1-3H3,(H,61,66)(H,62,67)(H2,60,63,64)/t33?,34?,35-,36-,37?,76?. The molecule has 6 N–H and O–H groups in total. The van der Waals surface area contributed by atoms with E-state index >= 15 is 0 Å². The number of carbonyl (C=O) groups excluding carboxylic acids is 2. The van der Waals surface area contributed by atoms with Crippen LogP contribution in [0.4, 0.5) is 36.9 Å². The van der Waals surface area contributed by atoms with Gasteiger partial charge in [-0.05, 0) is 116 Å². The van der Waals surface area contributed by atoms with Gasteiger partial charge in [-0.3, -0.25) is 9.78 Å². The van der Waals surface area contributed by atoms with Gasteiger partial charge < -0.3 is 40.0 Å². The van der Waals surface area contributed by atoms with Crippen LogP contribution in [0.5, 0.6) is 0 Å². The molecule has 18 nitrogen and oxygen atoms in total. The lowest BCUT2D eigenvalue weighted by Crippen LogP contribution is -2.40. The third kappa shape index (κ3) is 12.7. The highest BCUT2D eigenvalue weighted by atomic mass is 32.2. The number of H-pyrrole nitrogens is 1. The van der Waals surface area contributed by atoms with Crippen molar-refractivity contribution in [3.63, 3.8) is 0 Å². The monoisotopic (exact) mass is 1120 g/mol. The first-order valence-corrected chi connectivity index (χ1v) is 31.8. The van der Waals surface area contributed by atoms with Crippen molar-refractivity contribution in [2.75, 3.05) is 42.8 Å². The number of nitrogens with one attached hydrogen (secondary N) is 6. The van der Waals surface area contributed by atoms with Gasteiger partial charge in [0.05, 0.1) is 77.4 Å². The number of alkyl halides is 1. The summed E-state index contributed by atoms with van der Waals surface area (Å²) in [4.78, 5) is 37.2. The van der Waals surface area contributed by atoms with Gasteiger partial charge in [-0.25, -0.2) is 32.9 Å². The van der Waals surface area contributed by atoms with Crippen LogP contribution in [0.3, 0.4) is 0 Å². The van der Waals surface area contributed by atoms with E-state index in [0.29, 0.717) is 41.6 Å². The maximum Gasteiger partial charge on any atom is 0.407 e. The van der Waals surface area contributed by atoms with Crippen LogP contribution in [0.25, 0.3) is 20.9 Å². The molecule has 2 aliphatic heterocycles. The number of benzene rings is 2. The largest absolute Gasteiger partial charge is 0.447 e. The van der Waals surface area contributed by atoms with E-state index in [-0.39, 0.29) is 62.0 Å². The van der Waals surface area contributed by atoms with Crippen molar-refractivity contribution >= 4 is 79.9 Å². The van der Waals surface area contributed by atoms with Crippen molar-refractivity contribution < 1.29 is 37.0 Å². The van der Waals surface area contributed by atoms with E-state index in [2.05, 4.69) is 36.6 Å². The number of nitrogens with zero attached hydrogens (tertiary/aromatic N) is 5. The van der Waals surface area contributed by atoms with Gasteiger partial charge in [-0.2, -0.15) is 10.2 Å². The zero-order valence-corrected chi connectivity index (χ0v) is 46.4. The summed E-state index contributed by atoms with van der Waals surface area (Å²) in [5.41, 5.74) is 4.75. The molecule has 4 aliphatic rings. The molecule has 2 atom stereocenters. The molecular formula is C53H67FN11O7PS3. The molecule has 23 heteroatoms. The van der Waals surface area contributed by atoms with Crippen molar-refractivity contribution in [3.8, 4) is 20.9 Å². The van der Waals surface area contributed by atoms with Crippen LogP contribution in [0.2, 0.25) is 0 Å². The van der Waals surface area contributed by atoms with E-state index in [4.69, 9.17) is 29.0 Å². The molecule has 0 radical (unpaired) electrons. The molecule has 4 fully saturated rings. The van der Waals surface area contributed by atoms with Gasteiger partial charge in [0, 0.05) is 94.4 Å². The Bertz CT molecular complexity index is 3150. The maximum absolute atomic E-state index is 14.2. The molecule has 76 heavy (non-hydrogen) atoms. The van der Waals surface area contributed by atoms with Gasteiger partial charge in [-0.1, -0.05) is 12.1 Å². The number of carbonyl (C=O) groups is 2. The average molecular weight is 1120 g/mol. The molecule has 0 spiro atoms. The second-order valence-electron chi connectivity index (χ2n) is 20.8. The van der Waals surface area contributed by atoms with E-state index in [9.17, 15) is 22.8 Å². The molecule has 2 saturated carbocycles. The smallest absolute Gasteiger partial charge is 0.407 e. The predicted molar refractivity (Wildman–Crippen MR) is 296 cm³/mol. The molecule has 2 unspecified atom stereocenters. The van der Waals surface area contributed by atoms with Crippen LogP contribution in [0, 0.1) is 4.78 Å². The van der Waals surface area contributed by atoms with E-state index in [1.54, 1.807) is 45.8 Å². The van der Waals surface area contributed by atoms with Crippen LogP contribution in [0.15, 0.2) is 72.1 Å². The lowest BCUT2D eigenvalue weighted by atomic mass is 9.86. The lowest BCUT2D eigenvalue weighted by molar-refractivity contribution is 0.0427. The molecule has 2 amide bonds. The van der Waals surface area contributed by atoms with Gasteiger partial charge in [0.25, 0.3) is 0 Å². The number of halogens is 1. The fraction of sp³-hybridized carbons (Fsp3) is 0.509. The Hall–Kier alpha value is -5.67. The Balaban J connectivity index is 0.691. The number of hydrogen-bond donors (Lipinski definition) is 6. The SMILES string of the molecule is CC(C)OC(=O)N[C@H]1CC[C@H](c2ncc(-c3ccc(Nc4cc(CCC(C)OC(=O)NC5CCC(c6ncc(-c7ccc(Nc8cnn(CCF)c8)cc7P7(=O)CCC7)s6)CC5)[nH]n4)cc3S(=N)(=O)C3COC3)s2)CC1. The minimum atomic E-state index is -3.24. The van der Waals surface area contributed by atoms with E-state index in [1.807, 2.05) is 69.6 Å². The number of alkyl carbamates (subject to hydrolysis) is 2. The van der Waals surface area contributed by atoms with E-state index in [1.165, 1.54) is 0 Å². The maximum atomic E-state index is 14.2. The predicted octanol–water partition coefficient (Wildman–Crippen LogP) is 11.4. The van der Waals surface area contributed by atoms with Gasteiger partial charge in [0.15, 0.2) is 5.82 Å². The Morgan fingerprint density at radius 1 is 0.842 bits per heavy atom. The molecular weight excluding hydrogens is 1050 g/mol. The number of amides is 2. The molecule has 4 aromatic heterocycles. The first kappa shape index (κ1) is 53.7. The van der Waals surface area contributed by atoms with Crippen molar-refractivity contribution in [1.29, 1.82) is 4.78 Å². The topological polar surface area (TPSA) is 240 Å². The third-order valence-electron chi connectivity index (χ3n) is 14.8.